The Bertz CT molecular complexity index is 874. The first-order valence-corrected chi connectivity index (χ1v) is 8.97. The van der Waals surface area contributed by atoms with Gasteiger partial charge in [-0.3, -0.25) is 4.79 Å². The van der Waals surface area contributed by atoms with Crippen LogP contribution in [0.1, 0.15) is 53.1 Å². The third-order valence-corrected chi connectivity index (χ3v) is 4.81. The van der Waals surface area contributed by atoms with Crippen molar-refractivity contribution in [3.63, 3.8) is 0 Å². The zero-order valence-electron chi connectivity index (χ0n) is 14.1. The van der Waals surface area contributed by atoms with Crippen molar-refractivity contribution in [3.05, 3.63) is 71.1 Å². The highest BCUT2D eigenvalue weighted by Gasteiger charge is 2.33. The molecule has 1 aliphatic rings. The third-order valence-electron chi connectivity index (χ3n) is 4.55. The number of hydrogen-bond acceptors (Lipinski definition) is 5. The van der Waals surface area contributed by atoms with Crippen LogP contribution in [0.25, 0.3) is 0 Å². The van der Waals surface area contributed by atoms with Crippen LogP contribution in [0.3, 0.4) is 0 Å². The Morgan fingerprint density at radius 1 is 1.23 bits per heavy atom. The Balaban J connectivity index is 1.52. The van der Waals surface area contributed by atoms with Gasteiger partial charge in [-0.25, -0.2) is 9.97 Å². The van der Waals surface area contributed by atoms with Crippen LogP contribution in [0.2, 0.25) is 5.02 Å². The summed E-state index contributed by atoms with van der Waals surface area (Å²) in [6, 6.07) is 7.45. The molecule has 1 amide bonds. The summed E-state index contributed by atoms with van der Waals surface area (Å²) in [7, 11) is 0. The summed E-state index contributed by atoms with van der Waals surface area (Å²) in [6.07, 6.45) is 7.87. The fourth-order valence-electron chi connectivity index (χ4n) is 3.26. The number of oxazole rings is 2. The number of likely N-dealkylation sites (tertiary alicyclic amines) is 1. The maximum Gasteiger partial charge on any atom is 0.291 e. The highest BCUT2D eigenvalue weighted by Crippen LogP contribution is 2.32. The van der Waals surface area contributed by atoms with Gasteiger partial charge in [-0.2, -0.15) is 0 Å². The minimum atomic E-state index is -0.180. The van der Waals surface area contributed by atoms with Crippen molar-refractivity contribution in [2.45, 2.75) is 31.7 Å². The topological polar surface area (TPSA) is 72.4 Å². The summed E-state index contributed by atoms with van der Waals surface area (Å²) in [5, 5.41) is 0.704. The van der Waals surface area contributed by atoms with Gasteiger partial charge in [0.2, 0.25) is 11.7 Å². The zero-order chi connectivity index (χ0) is 17.9. The number of hydrogen-bond donors (Lipinski definition) is 0. The van der Waals surface area contributed by atoms with Gasteiger partial charge in [-0.15, -0.1) is 0 Å². The quantitative estimate of drug-likeness (QED) is 0.684. The molecule has 26 heavy (non-hydrogen) atoms. The molecule has 7 heteroatoms. The van der Waals surface area contributed by atoms with Crippen molar-refractivity contribution in [2.24, 2.45) is 0 Å². The second-order valence-electron chi connectivity index (χ2n) is 6.34. The average molecular weight is 372 g/mol. The number of halogens is 1. The lowest BCUT2D eigenvalue weighted by Gasteiger charge is -2.33. The standard InChI is InChI=1S/C19H18ClN3O3/c20-14-6-4-13(5-7-14)9-15-10-22-18(26-15)16-3-1-2-8-23(16)19(24)17-11-21-12-25-17/h4-7,10-12,16H,1-3,8-9H2. The van der Waals surface area contributed by atoms with Crippen LogP contribution in [0.15, 0.2) is 51.9 Å². The van der Waals surface area contributed by atoms with Gasteiger partial charge in [-0.05, 0) is 37.0 Å². The first-order chi connectivity index (χ1) is 12.7. The molecule has 1 saturated heterocycles. The summed E-state index contributed by atoms with van der Waals surface area (Å²) >= 11 is 5.92. The second kappa shape index (κ2) is 7.33. The molecule has 0 aliphatic carbocycles. The molecule has 134 valence electrons. The molecular weight excluding hydrogens is 354 g/mol. The molecule has 1 aromatic carbocycles. The molecule has 6 nitrogen and oxygen atoms in total. The lowest BCUT2D eigenvalue weighted by atomic mass is 10.0. The van der Waals surface area contributed by atoms with Crippen LogP contribution in [-0.4, -0.2) is 27.3 Å². The van der Waals surface area contributed by atoms with E-state index in [1.54, 1.807) is 11.1 Å². The number of carbonyl (C=O) groups is 1. The van der Waals surface area contributed by atoms with Crippen molar-refractivity contribution in [3.8, 4) is 0 Å². The number of rotatable bonds is 4. The highest BCUT2D eigenvalue weighted by molar-refractivity contribution is 6.30. The molecule has 3 aromatic rings. The minimum Gasteiger partial charge on any atom is -0.443 e. The molecule has 0 saturated carbocycles. The van der Waals surface area contributed by atoms with Crippen LogP contribution in [0.4, 0.5) is 0 Å². The van der Waals surface area contributed by atoms with Crippen molar-refractivity contribution in [1.29, 1.82) is 0 Å². The Kier molecular flexibility index (Phi) is 4.75. The van der Waals surface area contributed by atoms with Crippen LogP contribution in [0, 0.1) is 0 Å². The average Bonchev–Trinajstić information content (AvgIpc) is 3.35. The van der Waals surface area contributed by atoms with E-state index in [9.17, 15) is 4.79 Å². The van der Waals surface area contributed by atoms with E-state index >= 15 is 0 Å². The van der Waals surface area contributed by atoms with Gasteiger partial charge in [-0.1, -0.05) is 23.7 Å². The van der Waals surface area contributed by atoms with E-state index in [0.717, 1.165) is 30.6 Å². The largest absolute Gasteiger partial charge is 0.443 e. The van der Waals surface area contributed by atoms with Gasteiger partial charge in [0.1, 0.15) is 11.8 Å². The fourth-order valence-corrected chi connectivity index (χ4v) is 3.38. The van der Waals surface area contributed by atoms with E-state index in [1.165, 1.54) is 12.6 Å². The molecule has 1 aliphatic heterocycles. The molecule has 1 unspecified atom stereocenters. The molecule has 0 radical (unpaired) electrons. The van der Waals surface area contributed by atoms with Crippen molar-refractivity contribution < 1.29 is 13.6 Å². The zero-order valence-corrected chi connectivity index (χ0v) is 14.9. The van der Waals surface area contributed by atoms with Crippen LogP contribution in [-0.2, 0) is 6.42 Å². The van der Waals surface area contributed by atoms with Crippen molar-refractivity contribution in [1.82, 2.24) is 14.9 Å². The van der Waals surface area contributed by atoms with E-state index < -0.39 is 0 Å². The van der Waals surface area contributed by atoms with Gasteiger partial charge >= 0.3 is 0 Å². The maximum atomic E-state index is 12.7. The van der Waals surface area contributed by atoms with Crippen molar-refractivity contribution >= 4 is 17.5 Å². The molecule has 0 N–H and O–H groups in total. The minimum absolute atomic E-state index is 0.176. The third kappa shape index (κ3) is 3.51. The first-order valence-electron chi connectivity index (χ1n) is 8.59. The smallest absolute Gasteiger partial charge is 0.291 e. The van der Waals surface area contributed by atoms with Gasteiger partial charge in [0.25, 0.3) is 5.91 Å². The Morgan fingerprint density at radius 3 is 2.85 bits per heavy atom. The molecule has 0 spiro atoms. The lowest BCUT2D eigenvalue weighted by Crippen LogP contribution is -2.38. The summed E-state index contributed by atoms with van der Waals surface area (Å²) < 4.78 is 11.1. The Labute approximate surface area is 155 Å². The Morgan fingerprint density at radius 2 is 2.08 bits per heavy atom. The summed E-state index contributed by atoms with van der Waals surface area (Å²) in [6.45, 7) is 0.652. The number of piperidine rings is 1. The second-order valence-corrected chi connectivity index (χ2v) is 6.78. The SMILES string of the molecule is O=C(c1cnco1)N1CCCCC1c1ncc(Cc2ccc(Cl)cc2)o1. The summed E-state index contributed by atoms with van der Waals surface area (Å²) in [4.78, 5) is 22.7. The van der Waals surface area contributed by atoms with Gasteiger partial charge in [0.15, 0.2) is 6.39 Å². The summed E-state index contributed by atoms with van der Waals surface area (Å²) in [5.41, 5.74) is 1.09. The number of carbonyl (C=O) groups excluding carboxylic acids is 1. The predicted octanol–water partition coefficient (Wildman–Crippen LogP) is 4.27. The first kappa shape index (κ1) is 16.8. The molecular formula is C19H18ClN3O3. The van der Waals surface area contributed by atoms with Crippen LogP contribution in [0.5, 0.6) is 0 Å². The maximum absolute atomic E-state index is 12.7. The van der Waals surface area contributed by atoms with E-state index in [-0.39, 0.29) is 17.7 Å². The van der Waals surface area contributed by atoms with Gasteiger partial charge in [0.05, 0.1) is 12.4 Å². The summed E-state index contributed by atoms with van der Waals surface area (Å²) in [5.74, 6) is 1.40. The van der Waals surface area contributed by atoms with Gasteiger partial charge in [0, 0.05) is 18.0 Å². The van der Waals surface area contributed by atoms with Crippen LogP contribution < -0.4 is 0 Å². The van der Waals surface area contributed by atoms with Crippen molar-refractivity contribution in [2.75, 3.05) is 6.54 Å². The number of amides is 1. The van der Waals surface area contributed by atoms with E-state index in [4.69, 9.17) is 20.4 Å². The number of aromatic nitrogens is 2. The van der Waals surface area contributed by atoms with E-state index in [2.05, 4.69) is 9.97 Å². The molecule has 1 atom stereocenters. The monoisotopic (exact) mass is 371 g/mol. The van der Waals surface area contributed by atoms with Crippen LogP contribution >= 0.6 is 11.6 Å². The normalized spacial score (nSPS) is 17.4. The molecule has 0 bridgehead atoms. The molecule has 2 aromatic heterocycles. The number of nitrogens with zero attached hydrogens (tertiary/aromatic N) is 3. The van der Waals surface area contributed by atoms with Gasteiger partial charge < -0.3 is 13.7 Å². The van der Waals surface area contributed by atoms with E-state index in [1.807, 2.05) is 24.3 Å². The number of benzene rings is 1. The fraction of sp³-hybridized carbons (Fsp3) is 0.316. The molecule has 3 heterocycles. The molecule has 4 rings (SSSR count). The highest BCUT2D eigenvalue weighted by atomic mass is 35.5. The Hall–Kier alpha value is -2.60. The predicted molar refractivity (Wildman–Crippen MR) is 94.9 cm³/mol. The van der Waals surface area contributed by atoms with E-state index in [0.29, 0.717) is 23.9 Å². The lowest BCUT2D eigenvalue weighted by molar-refractivity contribution is 0.0538. The molecule has 1 fully saturated rings.